The Kier molecular flexibility index (Phi) is 6.01. The number of nitrogens with zero attached hydrogens (tertiary/aromatic N) is 2. The van der Waals surface area contributed by atoms with Crippen LogP contribution in [-0.2, 0) is 17.8 Å². The molecule has 0 fully saturated rings. The van der Waals surface area contributed by atoms with E-state index in [1.165, 1.54) is 18.2 Å². The fourth-order valence-electron chi connectivity index (χ4n) is 4.09. The van der Waals surface area contributed by atoms with Gasteiger partial charge in [0.15, 0.2) is 0 Å². The average Bonchev–Trinajstić information content (AvgIpc) is 2.97. The largest absolute Gasteiger partial charge is 0.481 e. The van der Waals surface area contributed by atoms with Gasteiger partial charge in [-0.25, -0.2) is 13.8 Å². The molecule has 8 heteroatoms. The fourth-order valence-corrected chi connectivity index (χ4v) is 4.26. The number of aromatic nitrogens is 1. The van der Waals surface area contributed by atoms with Crippen LogP contribution in [0, 0.1) is 11.6 Å². The van der Waals surface area contributed by atoms with Gasteiger partial charge in [-0.15, -0.1) is 0 Å². The molecular weight excluding hydrogens is 472 g/mol. The molecule has 5 rings (SSSR count). The van der Waals surface area contributed by atoms with Crippen molar-refractivity contribution < 1.29 is 18.7 Å². The number of carbonyl (C=O) groups is 1. The highest BCUT2D eigenvalue weighted by molar-refractivity contribution is 6.31. The van der Waals surface area contributed by atoms with E-state index in [-0.39, 0.29) is 24.2 Å². The Hall–Kier alpha value is -4.10. The number of hydrogen-bond acceptors (Lipinski definition) is 4. The highest BCUT2D eigenvalue weighted by Gasteiger charge is 2.24. The van der Waals surface area contributed by atoms with Gasteiger partial charge >= 0.3 is 5.97 Å². The minimum absolute atomic E-state index is 0.0539. The number of aliphatic carboxylic acids is 1. The molecule has 0 amide bonds. The van der Waals surface area contributed by atoms with Crippen molar-refractivity contribution in [1.29, 1.82) is 0 Å². The number of anilines is 2. The maximum atomic E-state index is 14.7. The van der Waals surface area contributed by atoms with Gasteiger partial charge in [-0.3, -0.25) is 9.79 Å². The summed E-state index contributed by atoms with van der Waals surface area (Å²) in [6.07, 6.45) is 1.63. The zero-order valence-corrected chi connectivity index (χ0v) is 19.0. The van der Waals surface area contributed by atoms with Gasteiger partial charge in [0.2, 0.25) is 0 Å². The lowest BCUT2D eigenvalue weighted by molar-refractivity contribution is -0.136. The summed E-state index contributed by atoms with van der Waals surface area (Å²) in [5.41, 5.74) is 4.28. The molecule has 174 valence electrons. The number of hydrogen-bond donors (Lipinski definition) is 2. The van der Waals surface area contributed by atoms with Gasteiger partial charge in [-0.1, -0.05) is 35.9 Å². The van der Waals surface area contributed by atoms with E-state index < -0.39 is 17.6 Å². The second kappa shape index (κ2) is 9.27. The standard InChI is InChI=1S/C27H18ClF2N3O2/c28-17-6-9-19-20-12-24(33-18-7-4-15(5-8-18)10-25(34)35)31-13-16(20)14-32-27(21(19)11-17)26-22(29)2-1-3-23(26)30/h1-9,11-13H,10,14H2,(H,31,33)(H,34,35). The van der Waals surface area contributed by atoms with Crippen LogP contribution in [0.2, 0.25) is 5.02 Å². The van der Waals surface area contributed by atoms with E-state index in [1.807, 2.05) is 6.07 Å². The zero-order chi connectivity index (χ0) is 24.5. The smallest absolute Gasteiger partial charge is 0.307 e. The molecule has 0 spiro atoms. The molecule has 4 aromatic rings. The Morgan fingerprint density at radius 3 is 2.43 bits per heavy atom. The van der Waals surface area contributed by atoms with E-state index in [0.29, 0.717) is 22.0 Å². The van der Waals surface area contributed by atoms with E-state index in [0.717, 1.165) is 22.4 Å². The van der Waals surface area contributed by atoms with Gasteiger partial charge in [0.25, 0.3) is 0 Å². The van der Waals surface area contributed by atoms with Crippen LogP contribution in [0.25, 0.3) is 11.1 Å². The first-order chi connectivity index (χ1) is 16.9. The number of rotatable bonds is 5. The molecule has 0 unspecified atom stereocenters. The topological polar surface area (TPSA) is 74.6 Å². The van der Waals surface area contributed by atoms with E-state index in [2.05, 4.69) is 15.3 Å². The van der Waals surface area contributed by atoms with Gasteiger partial charge in [-0.2, -0.15) is 0 Å². The van der Waals surface area contributed by atoms with Crippen molar-refractivity contribution >= 4 is 34.8 Å². The molecule has 0 bridgehead atoms. The quantitative estimate of drug-likeness (QED) is 0.340. The second-order valence-corrected chi connectivity index (χ2v) is 8.51. The van der Waals surface area contributed by atoms with Crippen molar-refractivity contribution in [2.45, 2.75) is 13.0 Å². The highest BCUT2D eigenvalue weighted by Crippen LogP contribution is 2.36. The highest BCUT2D eigenvalue weighted by atomic mass is 35.5. The molecule has 5 nitrogen and oxygen atoms in total. The number of nitrogens with one attached hydrogen (secondary N) is 1. The number of halogens is 3. The van der Waals surface area contributed by atoms with Crippen molar-refractivity contribution in [3.63, 3.8) is 0 Å². The van der Waals surface area contributed by atoms with Gasteiger partial charge < -0.3 is 10.4 Å². The molecule has 0 atom stereocenters. The van der Waals surface area contributed by atoms with E-state index in [4.69, 9.17) is 16.7 Å². The van der Waals surface area contributed by atoms with Gasteiger partial charge in [0.1, 0.15) is 17.5 Å². The normalized spacial score (nSPS) is 12.3. The zero-order valence-electron chi connectivity index (χ0n) is 18.2. The van der Waals surface area contributed by atoms with E-state index >= 15 is 0 Å². The molecule has 3 aromatic carbocycles. The van der Waals surface area contributed by atoms with Crippen LogP contribution in [0.3, 0.4) is 0 Å². The summed E-state index contributed by atoms with van der Waals surface area (Å²) >= 11 is 6.27. The number of carboxylic acid groups (broad SMARTS) is 1. The van der Waals surface area contributed by atoms with Crippen molar-refractivity contribution in [1.82, 2.24) is 4.98 Å². The summed E-state index contributed by atoms with van der Waals surface area (Å²) < 4.78 is 29.4. The Labute approximate surface area is 204 Å². The number of aliphatic imine (C=N–C) groups is 1. The molecule has 1 aliphatic rings. The van der Waals surface area contributed by atoms with Gasteiger partial charge in [0, 0.05) is 22.5 Å². The molecule has 0 saturated carbocycles. The number of pyridine rings is 1. The summed E-state index contributed by atoms with van der Waals surface area (Å²) in [5, 5.41) is 12.6. The van der Waals surface area contributed by atoms with Crippen LogP contribution < -0.4 is 5.32 Å². The Bertz CT molecular complexity index is 1470. The lowest BCUT2D eigenvalue weighted by atomic mass is 9.92. The van der Waals surface area contributed by atoms with Crippen molar-refractivity contribution in [2.24, 2.45) is 4.99 Å². The first-order valence-electron chi connectivity index (χ1n) is 10.7. The third-order valence-electron chi connectivity index (χ3n) is 5.70. The third-order valence-corrected chi connectivity index (χ3v) is 5.94. The second-order valence-electron chi connectivity index (χ2n) is 8.07. The minimum Gasteiger partial charge on any atom is -0.481 e. The summed E-state index contributed by atoms with van der Waals surface area (Å²) in [7, 11) is 0. The average molecular weight is 490 g/mol. The molecule has 35 heavy (non-hydrogen) atoms. The minimum atomic E-state index is -0.895. The van der Waals surface area contributed by atoms with Crippen molar-refractivity contribution in [3.05, 3.63) is 112 Å². The Balaban J connectivity index is 1.55. The molecule has 0 saturated heterocycles. The van der Waals surface area contributed by atoms with Gasteiger partial charge in [-0.05, 0) is 64.7 Å². The molecule has 0 aliphatic carbocycles. The van der Waals surface area contributed by atoms with Crippen LogP contribution in [-0.4, -0.2) is 21.8 Å². The first-order valence-corrected chi connectivity index (χ1v) is 11.1. The van der Waals surface area contributed by atoms with Crippen LogP contribution >= 0.6 is 11.6 Å². The predicted molar refractivity (Wildman–Crippen MR) is 131 cm³/mol. The molecule has 1 aromatic heterocycles. The lowest BCUT2D eigenvalue weighted by Crippen LogP contribution is -2.10. The molecule has 0 radical (unpaired) electrons. The fraction of sp³-hybridized carbons (Fsp3) is 0.0741. The predicted octanol–water partition coefficient (Wildman–Crippen LogP) is 6.40. The maximum Gasteiger partial charge on any atom is 0.307 e. The molecule has 1 aliphatic heterocycles. The molecule has 2 heterocycles. The SMILES string of the molecule is O=C(O)Cc1ccc(Nc2cc3c(cn2)CN=C(c2c(F)cccc2F)c2cc(Cl)ccc2-3)cc1. The monoisotopic (exact) mass is 489 g/mol. The molecule has 2 N–H and O–H groups in total. The summed E-state index contributed by atoms with van der Waals surface area (Å²) in [4.78, 5) is 19.9. The van der Waals surface area contributed by atoms with E-state index in [9.17, 15) is 13.6 Å². The lowest BCUT2D eigenvalue weighted by Gasteiger charge is -2.14. The van der Waals surface area contributed by atoms with Crippen LogP contribution in [0.5, 0.6) is 0 Å². The Morgan fingerprint density at radius 1 is 0.971 bits per heavy atom. The first kappa shape index (κ1) is 22.7. The summed E-state index contributed by atoms with van der Waals surface area (Å²) in [5.74, 6) is -1.75. The maximum absolute atomic E-state index is 14.7. The van der Waals surface area contributed by atoms with E-state index in [1.54, 1.807) is 48.7 Å². The van der Waals surface area contributed by atoms with Crippen LogP contribution in [0.1, 0.15) is 22.3 Å². The Morgan fingerprint density at radius 2 is 1.71 bits per heavy atom. The third kappa shape index (κ3) is 4.63. The van der Waals surface area contributed by atoms with Gasteiger partial charge in [0.05, 0.1) is 24.2 Å². The van der Waals surface area contributed by atoms with Crippen molar-refractivity contribution in [3.8, 4) is 11.1 Å². The summed E-state index contributed by atoms with van der Waals surface area (Å²) in [6.45, 7) is 0.182. The van der Waals surface area contributed by atoms with Crippen LogP contribution in [0.4, 0.5) is 20.3 Å². The van der Waals surface area contributed by atoms with Crippen LogP contribution in [0.15, 0.2) is 77.9 Å². The number of fused-ring (bicyclic) bond motifs is 3. The van der Waals surface area contributed by atoms with Crippen molar-refractivity contribution in [2.75, 3.05) is 5.32 Å². The molecular formula is C27H18ClF2N3O2. The summed E-state index contributed by atoms with van der Waals surface area (Å²) in [6, 6.07) is 17.8. The number of carboxylic acids is 1. The number of benzene rings is 3.